The second-order valence-corrected chi connectivity index (χ2v) is 4.98. The first-order valence-electron chi connectivity index (χ1n) is 6.82. The van der Waals surface area contributed by atoms with Gasteiger partial charge < -0.3 is 0 Å². The zero-order valence-corrected chi connectivity index (χ0v) is 11.8. The summed E-state index contributed by atoms with van der Waals surface area (Å²) in [4.78, 5) is 0. The van der Waals surface area contributed by atoms with Crippen molar-refractivity contribution in [1.29, 1.82) is 0 Å². The molecule has 20 heavy (non-hydrogen) atoms. The quantitative estimate of drug-likeness (QED) is 0.588. The summed E-state index contributed by atoms with van der Waals surface area (Å²) in [6.45, 7) is 4.25. The smallest absolute Gasteiger partial charge is 0.0402 e. The molecule has 0 aliphatic heterocycles. The molecule has 0 heterocycles. The SMILES string of the molecule is Cc1c#cc(-c2ccccc2)c(-c2ccccc2)c1C. The summed E-state index contributed by atoms with van der Waals surface area (Å²) >= 11 is 0. The van der Waals surface area contributed by atoms with Crippen LogP contribution in [0.5, 0.6) is 0 Å². The fourth-order valence-corrected chi connectivity index (χ4v) is 2.47. The van der Waals surface area contributed by atoms with Crippen molar-refractivity contribution in [3.8, 4) is 22.3 Å². The minimum Gasteiger partial charge on any atom is -0.0661 e. The van der Waals surface area contributed by atoms with Crippen LogP contribution in [0.2, 0.25) is 0 Å². The van der Waals surface area contributed by atoms with E-state index in [-0.39, 0.29) is 0 Å². The summed E-state index contributed by atoms with van der Waals surface area (Å²) in [5.41, 5.74) is 7.23. The Hall–Kier alpha value is -2.52. The van der Waals surface area contributed by atoms with Crippen LogP contribution in [0.1, 0.15) is 11.1 Å². The molecule has 96 valence electrons. The van der Waals surface area contributed by atoms with Crippen molar-refractivity contribution in [3.05, 3.63) is 83.9 Å². The molecule has 0 heteroatoms. The Bertz CT molecular complexity index is 710. The molecule has 0 saturated heterocycles. The van der Waals surface area contributed by atoms with Gasteiger partial charge in [0.05, 0.1) is 0 Å². The summed E-state index contributed by atoms with van der Waals surface area (Å²) in [6, 6.07) is 27.5. The van der Waals surface area contributed by atoms with Gasteiger partial charge in [0.15, 0.2) is 0 Å². The average molecular weight is 256 g/mol. The van der Waals surface area contributed by atoms with Crippen molar-refractivity contribution < 1.29 is 0 Å². The van der Waals surface area contributed by atoms with Gasteiger partial charge in [0.2, 0.25) is 0 Å². The molecule has 0 aliphatic rings. The van der Waals surface area contributed by atoms with E-state index in [4.69, 9.17) is 0 Å². The molecule has 0 aromatic heterocycles. The van der Waals surface area contributed by atoms with Crippen molar-refractivity contribution in [2.75, 3.05) is 0 Å². The second-order valence-electron chi connectivity index (χ2n) is 4.98. The van der Waals surface area contributed by atoms with Gasteiger partial charge in [-0.3, -0.25) is 0 Å². The summed E-state index contributed by atoms with van der Waals surface area (Å²) in [5.74, 6) is 0. The van der Waals surface area contributed by atoms with Gasteiger partial charge in [-0.15, -0.1) is 0 Å². The Morgan fingerprint density at radius 2 is 1.20 bits per heavy atom. The Labute approximate surface area is 120 Å². The summed E-state index contributed by atoms with van der Waals surface area (Å²) in [6.07, 6.45) is 0. The van der Waals surface area contributed by atoms with E-state index in [1.807, 2.05) is 12.1 Å². The van der Waals surface area contributed by atoms with Crippen LogP contribution in [-0.4, -0.2) is 0 Å². The average Bonchev–Trinajstić information content (AvgIpc) is 2.51. The van der Waals surface area contributed by atoms with Gasteiger partial charge in [-0.2, -0.15) is 0 Å². The maximum atomic E-state index is 3.34. The molecule has 0 bridgehead atoms. The lowest BCUT2D eigenvalue weighted by Crippen LogP contribution is -1.90. The molecule has 0 nitrogen and oxygen atoms in total. The van der Waals surface area contributed by atoms with Crippen molar-refractivity contribution in [2.45, 2.75) is 13.8 Å². The zero-order valence-electron chi connectivity index (χ0n) is 11.8. The van der Waals surface area contributed by atoms with Crippen LogP contribution >= 0.6 is 0 Å². The minimum atomic E-state index is 1.12. The first-order valence-corrected chi connectivity index (χ1v) is 6.82. The van der Waals surface area contributed by atoms with Crippen LogP contribution < -0.4 is 0 Å². The largest absolute Gasteiger partial charge is 0.0661 e. The summed E-state index contributed by atoms with van der Waals surface area (Å²) in [5, 5.41) is 0. The third kappa shape index (κ3) is 2.19. The van der Waals surface area contributed by atoms with E-state index in [1.54, 1.807) is 0 Å². The number of rotatable bonds is 2. The molecule has 0 spiro atoms. The molecular weight excluding hydrogens is 240 g/mol. The van der Waals surface area contributed by atoms with E-state index in [9.17, 15) is 0 Å². The monoisotopic (exact) mass is 256 g/mol. The fourth-order valence-electron chi connectivity index (χ4n) is 2.47. The zero-order chi connectivity index (χ0) is 13.9. The van der Waals surface area contributed by atoms with Crippen LogP contribution in [0.25, 0.3) is 22.3 Å². The van der Waals surface area contributed by atoms with Gasteiger partial charge in [0.25, 0.3) is 0 Å². The van der Waals surface area contributed by atoms with E-state index in [0.717, 1.165) is 11.1 Å². The standard InChI is InChI=1S/C20H16/c1-15-13-14-19(17-9-5-3-6-10-17)20(16(15)2)18-11-7-4-8-12-18/h3-12H,1-2H3. The second kappa shape index (κ2) is 5.23. The van der Waals surface area contributed by atoms with Crippen LogP contribution in [0, 0.1) is 26.0 Å². The van der Waals surface area contributed by atoms with Gasteiger partial charge in [-0.25, -0.2) is 0 Å². The highest BCUT2D eigenvalue weighted by atomic mass is 14.1. The lowest BCUT2D eigenvalue weighted by Gasteiger charge is -2.12. The molecule has 0 unspecified atom stereocenters. The van der Waals surface area contributed by atoms with Gasteiger partial charge in [0, 0.05) is 16.7 Å². The van der Waals surface area contributed by atoms with E-state index in [1.165, 1.54) is 22.3 Å². The predicted octanol–water partition coefficient (Wildman–Crippen LogP) is 5.24. The molecule has 0 N–H and O–H groups in total. The maximum absolute atomic E-state index is 3.34. The molecule has 0 amide bonds. The number of hydrogen-bond donors (Lipinski definition) is 0. The molecule has 3 rings (SSSR count). The topological polar surface area (TPSA) is 0 Å². The van der Waals surface area contributed by atoms with Crippen molar-refractivity contribution in [3.63, 3.8) is 0 Å². The first-order chi connectivity index (χ1) is 9.77. The van der Waals surface area contributed by atoms with Gasteiger partial charge in [-0.1, -0.05) is 72.8 Å². The number of benzene rings is 2. The first kappa shape index (κ1) is 12.5. The van der Waals surface area contributed by atoms with E-state index in [2.05, 4.69) is 74.5 Å². The van der Waals surface area contributed by atoms with Crippen LogP contribution in [0.3, 0.4) is 0 Å². The summed E-state index contributed by atoms with van der Waals surface area (Å²) < 4.78 is 0. The third-order valence-electron chi connectivity index (χ3n) is 3.69. The highest BCUT2D eigenvalue weighted by Gasteiger charge is 2.11. The van der Waals surface area contributed by atoms with Crippen LogP contribution in [0.4, 0.5) is 0 Å². The van der Waals surface area contributed by atoms with Gasteiger partial charge >= 0.3 is 0 Å². The normalized spacial score (nSPS) is 10.1. The summed E-state index contributed by atoms with van der Waals surface area (Å²) in [7, 11) is 0. The van der Waals surface area contributed by atoms with Crippen LogP contribution in [0.15, 0.2) is 60.7 Å². The van der Waals surface area contributed by atoms with E-state index < -0.39 is 0 Å². The molecule has 0 radical (unpaired) electrons. The lowest BCUT2D eigenvalue weighted by atomic mass is 9.90. The molecule has 3 aromatic rings. The fraction of sp³-hybridized carbons (Fsp3) is 0.100. The van der Waals surface area contributed by atoms with Gasteiger partial charge in [0.1, 0.15) is 0 Å². The Balaban J connectivity index is 2.29. The molecule has 0 fully saturated rings. The van der Waals surface area contributed by atoms with Crippen molar-refractivity contribution >= 4 is 0 Å². The molecule has 0 saturated carbocycles. The van der Waals surface area contributed by atoms with E-state index >= 15 is 0 Å². The highest BCUT2D eigenvalue weighted by molar-refractivity contribution is 5.85. The molecule has 0 aliphatic carbocycles. The van der Waals surface area contributed by atoms with Crippen molar-refractivity contribution in [2.24, 2.45) is 0 Å². The maximum Gasteiger partial charge on any atom is 0.0402 e. The molecule has 3 aromatic carbocycles. The Kier molecular flexibility index (Phi) is 3.27. The highest BCUT2D eigenvalue weighted by Crippen LogP contribution is 2.34. The minimum absolute atomic E-state index is 1.12. The predicted molar refractivity (Wildman–Crippen MR) is 84.5 cm³/mol. The molecular formula is C20H16. The third-order valence-corrected chi connectivity index (χ3v) is 3.69. The Morgan fingerprint density at radius 1 is 0.650 bits per heavy atom. The van der Waals surface area contributed by atoms with E-state index in [0.29, 0.717) is 0 Å². The molecule has 0 atom stereocenters. The lowest BCUT2D eigenvalue weighted by molar-refractivity contribution is 1.35. The Morgan fingerprint density at radius 3 is 1.80 bits per heavy atom. The van der Waals surface area contributed by atoms with Gasteiger partial charge in [-0.05, 0) is 30.5 Å². The van der Waals surface area contributed by atoms with Crippen LogP contribution in [-0.2, 0) is 0 Å². The van der Waals surface area contributed by atoms with Crippen molar-refractivity contribution in [1.82, 2.24) is 0 Å². The number of hydrogen-bond acceptors (Lipinski definition) is 0.